The molecule has 0 unspecified atom stereocenters. The molecule has 0 amide bonds. The van der Waals surface area contributed by atoms with Gasteiger partial charge in [0, 0.05) is 24.7 Å². The van der Waals surface area contributed by atoms with Gasteiger partial charge in [0.25, 0.3) is 0 Å². The van der Waals surface area contributed by atoms with Gasteiger partial charge >= 0.3 is 0 Å². The third kappa shape index (κ3) is 6.14. The van der Waals surface area contributed by atoms with Gasteiger partial charge in [0.1, 0.15) is 0 Å². The first-order chi connectivity index (χ1) is 10.5. The average molecular weight is 424 g/mol. The first kappa shape index (κ1) is 21.0. The van der Waals surface area contributed by atoms with Crippen LogP contribution in [0.1, 0.15) is 24.0 Å². The summed E-state index contributed by atoms with van der Waals surface area (Å²) in [4.78, 5) is 0. The lowest BCUT2D eigenvalue weighted by Crippen LogP contribution is -1.98. The zero-order chi connectivity index (χ0) is 16.5. The molecule has 0 aromatic heterocycles. The molecule has 0 heterocycles. The summed E-state index contributed by atoms with van der Waals surface area (Å²) in [6.07, 6.45) is 1.47. The van der Waals surface area contributed by atoms with Crippen LogP contribution in [0.15, 0.2) is 0 Å². The van der Waals surface area contributed by atoms with E-state index in [0.29, 0.717) is 21.6 Å². The Morgan fingerprint density at radius 2 is 1.00 bits per heavy atom. The van der Waals surface area contributed by atoms with Crippen LogP contribution in [-0.2, 0) is 11.5 Å². The number of thioether (sulfide) groups is 2. The molecule has 2 N–H and O–H groups in total. The monoisotopic (exact) mass is 422 g/mol. The number of hydrogen-bond acceptors (Lipinski definition) is 4. The first-order valence-electron chi connectivity index (χ1n) is 6.75. The fourth-order valence-corrected chi connectivity index (χ4v) is 4.93. The Labute approximate surface area is 159 Å². The Morgan fingerprint density at radius 3 is 1.32 bits per heavy atom. The van der Waals surface area contributed by atoms with Crippen LogP contribution in [0.25, 0.3) is 0 Å². The van der Waals surface area contributed by atoms with Gasteiger partial charge in [-0.2, -0.15) is 23.5 Å². The zero-order valence-corrected chi connectivity index (χ0v) is 16.5. The fourth-order valence-electron chi connectivity index (χ4n) is 1.71. The van der Waals surface area contributed by atoms with Gasteiger partial charge in [0.05, 0.1) is 20.1 Å². The number of rotatable bonds is 10. The Hall–Kier alpha value is 1.000. The average Bonchev–Trinajstić information content (AvgIpc) is 2.52. The second kappa shape index (κ2) is 11.5. The maximum atomic E-state index is 8.84. The predicted octanol–water partition coefficient (Wildman–Crippen LogP) is 5.53. The molecule has 0 aliphatic heterocycles. The van der Waals surface area contributed by atoms with Crippen molar-refractivity contribution in [1.29, 1.82) is 0 Å². The van der Waals surface area contributed by atoms with Gasteiger partial charge in [-0.05, 0) is 35.5 Å². The molecule has 0 atom stereocenters. The molecule has 0 aliphatic carbocycles. The lowest BCUT2D eigenvalue weighted by atomic mass is 10.1. The lowest BCUT2D eigenvalue weighted by molar-refractivity contribution is 0.296. The van der Waals surface area contributed by atoms with Crippen LogP contribution >= 0.6 is 69.9 Å². The topological polar surface area (TPSA) is 40.5 Å². The summed E-state index contributed by atoms with van der Waals surface area (Å²) in [6.45, 7) is 0.347. The molecular formula is C14H18Cl4O2S2. The Morgan fingerprint density at radius 1 is 0.636 bits per heavy atom. The van der Waals surface area contributed by atoms with E-state index in [4.69, 9.17) is 56.6 Å². The van der Waals surface area contributed by atoms with Gasteiger partial charge in [0.2, 0.25) is 0 Å². The van der Waals surface area contributed by atoms with Gasteiger partial charge in [-0.25, -0.2) is 0 Å². The zero-order valence-electron chi connectivity index (χ0n) is 11.9. The quantitative estimate of drug-likeness (QED) is 0.294. The third-order valence-corrected chi connectivity index (χ3v) is 6.88. The molecule has 0 saturated carbocycles. The van der Waals surface area contributed by atoms with Gasteiger partial charge in [-0.15, -0.1) is 0 Å². The summed E-state index contributed by atoms with van der Waals surface area (Å²) in [5.74, 6) is 3.01. The van der Waals surface area contributed by atoms with E-state index in [0.717, 1.165) is 35.5 Å². The van der Waals surface area contributed by atoms with E-state index >= 15 is 0 Å². The summed E-state index contributed by atoms with van der Waals surface area (Å²) in [5.41, 5.74) is 1.81. The Bertz CT molecular complexity index is 444. The minimum atomic E-state index is 0.173. The predicted molar refractivity (Wildman–Crippen MR) is 102 cm³/mol. The molecule has 0 fully saturated rings. The molecule has 0 spiro atoms. The molecule has 0 bridgehead atoms. The van der Waals surface area contributed by atoms with Crippen LogP contribution in [0.2, 0.25) is 20.1 Å². The van der Waals surface area contributed by atoms with Crippen LogP contribution in [0.5, 0.6) is 0 Å². The SMILES string of the molecule is OCCCSCc1c(Cl)c(Cl)c(Cl)c(Cl)c1CSCCCO. The standard InChI is InChI=1S/C14H18Cl4O2S2/c15-11-9(7-21-5-1-3-19)10(8-22-6-2-4-20)12(16)14(18)13(11)17/h19-20H,1-8H2. The highest BCUT2D eigenvalue weighted by molar-refractivity contribution is 7.98. The van der Waals surface area contributed by atoms with Crippen molar-refractivity contribution in [2.45, 2.75) is 24.3 Å². The van der Waals surface area contributed by atoms with Crippen LogP contribution in [0.4, 0.5) is 0 Å². The summed E-state index contributed by atoms with van der Waals surface area (Å²) in [7, 11) is 0. The molecule has 126 valence electrons. The van der Waals surface area contributed by atoms with E-state index in [1.165, 1.54) is 0 Å². The maximum Gasteiger partial charge on any atom is 0.0797 e. The van der Waals surface area contributed by atoms with Gasteiger partial charge in [-0.1, -0.05) is 46.4 Å². The number of hydrogen-bond donors (Lipinski definition) is 2. The molecule has 0 radical (unpaired) electrons. The molecule has 1 aromatic rings. The van der Waals surface area contributed by atoms with Crippen molar-refractivity contribution in [3.63, 3.8) is 0 Å². The van der Waals surface area contributed by atoms with Gasteiger partial charge < -0.3 is 10.2 Å². The summed E-state index contributed by atoms with van der Waals surface area (Å²) in [6, 6.07) is 0. The van der Waals surface area contributed by atoms with E-state index in [1.54, 1.807) is 23.5 Å². The highest BCUT2D eigenvalue weighted by atomic mass is 35.5. The number of aliphatic hydroxyl groups is 2. The number of benzene rings is 1. The van der Waals surface area contributed by atoms with E-state index in [2.05, 4.69) is 0 Å². The van der Waals surface area contributed by atoms with Crippen LogP contribution in [0.3, 0.4) is 0 Å². The van der Waals surface area contributed by atoms with E-state index < -0.39 is 0 Å². The van der Waals surface area contributed by atoms with Crippen molar-refractivity contribution in [1.82, 2.24) is 0 Å². The molecule has 8 heteroatoms. The van der Waals surface area contributed by atoms with E-state index in [-0.39, 0.29) is 23.3 Å². The molecular weight excluding hydrogens is 406 g/mol. The van der Waals surface area contributed by atoms with Crippen molar-refractivity contribution >= 4 is 69.9 Å². The molecule has 0 saturated heterocycles. The Balaban J connectivity index is 2.93. The highest BCUT2D eigenvalue weighted by Gasteiger charge is 2.20. The second-order valence-electron chi connectivity index (χ2n) is 4.47. The third-order valence-electron chi connectivity index (χ3n) is 2.86. The van der Waals surface area contributed by atoms with Crippen LogP contribution in [-0.4, -0.2) is 34.9 Å². The summed E-state index contributed by atoms with van der Waals surface area (Å²) in [5, 5.41) is 19.2. The minimum Gasteiger partial charge on any atom is -0.396 e. The molecule has 1 rings (SSSR count). The van der Waals surface area contributed by atoms with Crippen molar-refractivity contribution in [3.8, 4) is 0 Å². The lowest BCUT2D eigenvalue weighted by Gasteiger charge is -2.16. The largest absolute Gasteiger partial charge is 0.396 e. The Kier molecular flexibility index (Phi) is 11.0. The van der Waals surface area contributed by atoms with Gasteiger partial charge in [0.15, 0.2) is 0 Å². The fraction of sp³-hybridized carbons (Fsp3) is 0.571. The van der Waals surface area contributed by atoms with E-state index in [1.807, 2.05) is 0 Å². The molecule has 2 nitrogen and oxygen atoms in total. The van der Waals surface area contributed by atoms with Crippen molar-refractivity contribution < 1.29 is 10.2 Å². The van der Waals surface area contributed by atoms with Crippen molar-refractivity contribution in [3.05, 3.63) is 31.2 Å². The molecule has 1 aromatic carbocycles. The van der Waals surface area contributed by atoms with Crippen LogP contribution in [0, 0.1) is 0 Å². The maximum absolute atomic E-state index is 8.84. The normalized spacial score (nSPS) is 11.2. The van der Waals surface area contributed by atoms with Crippen LogP contribution < -0.4 is 0 Å². The second-order valence-corrected chi connectivity index (χ2v) is 8.19. The van der Waals surface area contributed by atoms with Gasteiger partial charge in [-0.3, -0.25) is 0 Å². The first-order valence-corrected chi connectivity index (χ1v) is 10.6. The van der Waals surface area contributed by atoms with Crippen molar-refractivity contribution in [2.75, 3.05) is 24.7 Å². The number of aliphatic hydroxyl groups excluding tert-OH is 2. The minimum absolute atomic E-state index is 0.173. The summed E-state index contributed by atoms with van der Waals surface area (Å²) >= 11 is 28.3. The molecule has 0 aliphatic rings. The van der Waals surface area contributed by atoms with Crippen molar-refractivity contribution in [2.24, 2.45) is 0 Å². The highest BCUT2D eigenvalue weighted by Crippen LogP contribution is 2.44. The summed E-state index contributed by atoms with van der Waals surface area (Å²) < 4.78 is 0. The molecule has 22 heavy (non-hydrogen) atoms. The van der Waals surface area contributed by atoms with E-state index in [9.17, 15) is 0 Å². The smallest absolute Gasteiger partial charge is 0.0797 e. The number of halogens is 4.